The molecule has 0 amide bonds. The average molecular weight is 390 g/mol. The highest BCUT2D eigenvalue weighted by Gasteiger charge is 2.41. The van der Waals surface area contributed by atoms with Gasteiger partial charge in [0, 0.05) is 10.7 Å². The third-order valence-corrected chi connectivity index (χ3v) is 4.86. The second kappa shape index (κ2) is 6.65. The summed E-state index contributed by atoms with van der Waals surface area (Å²) in [6, 6.07) is 28.6. The lowest BCUT2D eigenvalue weighted by Crippen LogP contribution is -2.39. The molecule has 0 unspecified atom stereocenters. The zero-order chi connectivity index (χ0) is 17.1. The van der Waals surface area contributed by atoms with Crippen LogP contribution < -0.4 is 5.43 Å². The van der Waals surface area contributed by atoms with Crippen LogP contribution in [0.1, 0.15) is 11.1 Å². The fraction of sp³-hybridized carbons (Fsp3) is 0.0476. The summed E-state index contributed by atoms with van der Waals surface area (Å²) in [7, 11) is 0. The topological polar surface area (TPSA) is 36.8 Å². The standard InChI is InChI=1S/C21H16BrN3/c22-18-11-13-19(14-12-18)24-20-21(15-23-25-20,16-7-3-1-4-8-16)17-9-5-2-6-10-17/h1-15H,(H,24,25). The van der Waals surface area contributed by atoms with Gasteiger partial charge in [0.25, 0.3) is 0 Å². The summed E-state index contributed by atoms with van der Waals surface area (Å²) in [5.41, 5.74) is 5.74. The summed E-state index contributed by atoms with van der Waals surface area (Å²) in [6.45, 7) is 0. The number of benzene rings is 3. The summed E-state index contributed by atoms with van der Waals surface area (Å²) in [6.07, 6.45) is 1.94. The zero-order valence-electron chi connectivity index (χ0n) is 13.4. The number of nitrogens with one attached hydrogen (secondary N) is 1. The molecule has 4 rings (SSSR count). The van der Waals surface area contributed by atoms with Gasteiger partial charge in [-0.3, -0.25) is 5.43 Å². The monoisotopic (exact) mass is 389 g/mol. The van der Waals surface area contributed by atoms with Gasteiger partial charge in [0.05, 0.1) is 5.69 Å². The zero-order valence-corrected chi connectivity index (χ0v) is 15.0. The maximum Gasteiger partial charge on any atom is 0.143 e. The molecule has 0 aliphatic carbocycles. The molecule has 3 aromatic carbocycles. The maximum absolute atomic E-state index is 4.87. The lowest BCUT2D eigenvalue weighted by Gasteiger charge is -2.27. The molecule has 0 bridgehead atoms. The van der Waals surface area contributed by atoms with Crippen LogP contribution in [0.25, 0.3) is 0 Å². The van der Waals surface area contributed by atoms with E-state index in [1.165, 1.54) is 0 Å². The Labute approximate surface area is 155 Å². The van der Waals surface area contributed by atoms with Gasteiger partial charge in [-0.15, -0.1) is 0 Å². The molecule has 3 nitrogen and oxygen atoms in total. The number of halogens is 1. The first-order valence-corrected chi connectivity index (χ1v) is 8.84. The number of aliphatic imine (C=N–C) groups is 1. The van der Waals surface area contributed by atoms with E-state index in [2.05, 4.69) is 50.7 Å². The summed E-state index contributed by atoms with van der Waals surface area (Å²) in [5, 5.41) is 4.37. The molecule has 1 aliphatic heterocycles. The quantitative estimate of drug-likeness (QED) is 0.667. The largest absolute Gasteiger partial charge is 0.264 e. The van der Waals surface area contributed by atoms with Gasteiger partial charge in [0.1, 0.15) is 11.3 Å². The van der Waals surface area contributed by atoms with E-state index >= 15 is 0 Å². The number of hydrogen-bond acceptors (Lipinski definition) is 2. The van der Waals surface area contributed by atoms with E-state index in [1.807, 2.05) is 66.9 Å². The number of nitrogens with zero attached hydrogens (tertiary/aromatic N) is 2. The molecule has 1 N–H and O–H groups in total. The smallest absolute Gasteiger partial charge is 0.143 e. The van der Waals surface area contributed by atoms with Crippen LogP contribution in [-0.4, -0.2) is 12.1 Å². The number of rotatable bonds is 3. The van der Waals surface area contributed by atoms with Gasteiger partial charge in [0.2, 0.25) is 0 Å². The fourth-order valence-electron chi connectivity index (χ4n) is 3.09. The molecule has 0 saturated heterocycles. The Morgan fingerprint density at radius 2 is 1.32 bits per heavy atom. The van der Waals surface area contributed by atoms with Crippen molar-refractivity contribution in [3.63, 3.8) is 0 Å². The van der Waals surface area contributed by atoms with Crippen LogP contribution >= 0.6 is 15.9 Å². The molecule has 0 spiro atoms. The van der Waals surface area contributed by atoms with Gasteiger partial charge in [-0.25, -0.2) is 4.99 Å². The molecular formula is C21H16BrN3. The van der Waals surface area contributed by atoms with Crippen LogP contribution in [0.2, 0.25) is 0 Å². The second-order valence-electron chi connectivity index (χ2n) is 5.85. The van der Waals surface area contributed by atoms with Gasteiger partial charge >= 0.3 is 0 Å². The first-order chi connectivity index (χ1) is 12.3. The van der Waals surface area contributed by atoms with E-state index < -0.39 is 5.41 Å². The molecule has 3 aromatic rings. The van der Waals surface area contributed by atoms with E-state index in [9.17, 15) is 0 Å². The van der Waals surface area contributed by atoms with Gasteiger partial charge in [0.15, 0.2) is 0 Å². The van der Waals surface area contributed by atoms with Crippen LogP contribution in [0.5, 0.6) is 0 Å². The van der Waals surface area contributed by atoms with E-state index in [-0.39, 0.29) is 0 Å². The minimum Gasteiger partial charge on any atom is -0.264 e. The van der Waals surface area contributed by atoms with E-state index in [0.29, 0.717) is 0 Å². The second-order valence-corrected chi connectivity index (χ2v) is 6.76. The molecule has 1 aliphatic rings. The lowest BCUT2D eigenvalue weighted by atomic mass is 9.75. The summed E-state index contributed by atoms with van der Waals surface area (Å²) in [4.78, 5) is 4.87. The molecule has 0 radical (unpaired) electrons. The van der Waals surface area contributed by atoms with Gasteiger partial charge < -0.3 is 0 Å². The molecule has 0 fully saturated rings. The van der Waals surface area contributed by atoms with Crippen molar-refractivity contribution in [3.05, 3.63) is 101 Å². The normalized spacial score (nSPS) is 16.8. The molecule has 4 heteroatoms. The van der Waals surface area contributed by atoms with Crippen molar-refractivity contribution in [2.24, 2.45) is 10.1 Å². The Balaban J connectivity index is 1.90. The Morgan fingerprint density at radius 1 is 0.760 bits per heavy atom. The van der Waals surface area contributed by atoms with Crippen molar-refractivity contribution in [3.8, 4) is 0 Å². The highest BCUT2D eigenvalue weighted by Crippen LogP contribution is 2.35. The Morgan fingerprint density at radius 3 is 1.88 bits per heavy atom. The van der Waals surface area contributed by atoms with Crippen LogP contribution in [0.3, 0.4) is 0 Å². The Hall–Kier alpha value is -2.72. The third-order valence-electron chi connectivity index (χ3n) is 4.33. The Bertz CT molecular complexity index is 877. The highest BCUT2D eigenvalue weighted by atomic mass is 79.9. The maximum atomic E-state index is 4.87. The number of hydrogen-bond donors (Lipinski definition) is 1. The SMILES string of the molecule is Brc1ccc(N=C2NN=CC2(c2ccccc2)c2ccccc2)cc1. The van der Waals surface area contributed by atoms with Crippen molar-refractivity contribution >= 4 is 33.7 Å². The molecule has 0 saturated carbocycles. The van der Waals surface area contributed by atoms with Gasteiger partial charge in [-0.2, -0.15) is 5.10 Å². The van der Waals surface area contributed by atoms with Crippen molar-refractivity contribution in [2.45, 2.75) is 5.41 Å². The average Bonchev–Trinajstić information content (AvgIpc) is 3.09. The first kappa shape index (κ1) is 15.8. The molecular weight excluding hydrogens is 374 g/mol. The molecule has 0 atom stereocenters. The number of hydrazone groups is 1. The van der Waals surface area contributed by atoms with E-state index in [4.69, 9.17) is 4.99 Å². The highest BCUT2D eigenvalue weighted by molar-refractivity contribution is 9.10. The van der Waals surface area contributed by atoms with Gasteiger partial charge in [-0.05, 0) is 35.4 Å². The van der Waals surface area contributed by atoms with Crippen LogP contribution in [0, 0.1) is 0 Å². The predicted octanol–water partition coefficient (Wildman–Crippen LogP) is 5.05. The minimum absolute atomic E-state index is 0.518. The molecule has 25 heavy (non-hydrogen) atoms. The summed E-state index contributed by atoms with van der Waals surface area (Å²) >= 11 is 3.47. The molecule has 0 aromatic heterocycles. The first-order valence-electron chi connectivity index (χ1n) is 8.05. The van der Waals surface area contributed by atoms with Crippen molar-refractivity contribution in [2.75, 3.05) is 0 Å². The van der Waals surface area contributed by atoms with Crippen LogP contribution in [0.4, 0.5) is 5.69 Å². The van der Waals surface area contributed by atoms with Crippen molar-refractivity contribution in [1.29, 1.82) is 0 Å². The summed E-state index contributed by atoms with van der Waals surface area (Å²) in [5.74, 6) is 0.798. The van der Waals surface area contributed by atoms with Crippen LogP contribution in [0.15, 0.2) is 99.5 Å². The van der Waals surface area contributed by atoms with Crippen molar-refractivity contribution in [1.82, 2.24) is 5.43 Å². The lowest BCUT2D eigenvalue weighted by molar-refractivity contribution is 0.921. The van der Waals surface area contributed by atoms with E-state index in [1.54, 1.807) is 0 Å². The van der Waals surface area contributed by atoms with Crippen LogP contribution in [-0.2, 0) is 5.41 Å². The van der Waals surface area contributed by atoms with Gasteiger partial charge in [-0.1, -0.05) is 76.6 Å². The van der Waals surface area contributed by atoms with Crippen molar-refractivity contribution < 1.29 is 0 Å². The predicted molar refractivity (Wildman–Crippen MR) is 107 cm³/mol. The molecule has 122 valence electrons. The fourth-order valence-corrected chi connectivity index (χ4v) is 3.35. The third kappa shape index (κ3) is 2.89. The Kier molecular flexibility index (Phi) is 4.20. The van der Waals surface area contributed by atoms with E-state index in [0.717, 1.165) is 27.1 Å². The summed E-state index contributed by atoms with van der Waals surface area (Å²) < 4.78 is 1.03. The minimum atomic E-state index is -0.518. The molecule has 1 heterocycles. The number of amidine groups is 1.